The Balaban J connectivity index is 2.22. The van der Waals surface area contributed by atoms with Gasteiger partial charge < -0.3 is 0 Å². The summed E-state index contributed by atoms with van der Waals surface area (Å²) in [5, 5.41) is -2.05. The van der Waals surface area contributed by atoms with Crippen LogP contribution < -0.4 is 4.90 Å². The topological polar surface area (TPSA) is 20.3 Å². The minimum Gasteiger partial charge on any atom is -0.277 e. The molecule has 0 spiro atoms. The fourth-order valence-corrected chi connectivity index (χ4v) is 3.07. The van der Waals surface area contributed by atoms with Crippen molar-refractivity contribution in [1.82, 2.24) is 0 Å². The molecule has 2 unspecified atom stereocenters. The van der Waals surface area contributed by atoms with Gasteiger partial charge in [-0.1, -0.05) is 33.5 Å². The monoisotopic (exact) mass is 287 g/mol. The van der Waals surface area contributed by atoms with Crippen molar-refractivity contribution < 1.29 is 9.18 Å². The molecular weight excluding hydrogens is 272 g/mol. The Hall–Kier alpha value is -1.73. The first kappa shape index (κ1) is 13.3. The van der Waals surface area contributed by atoms with Gasteiger partial charge in [0, 0.05) is 11.3 Å². The molecule has 0 aromatic heterocycles. The van der Waals surface area contributed by atoms with E-state index in [2.05, 4.69) is 0 Å². The van der Waals surface area contributed by atoms with Crippen LogP contribution in [0.2, 0.25) is 0 Å². The molecule has 1 aliphatic heterocycles. The summed E-state index contributed by atoms with van der Waals surface area (Å²) in [7, 11) is 2.04. The molecule has 2 nitrogen and oxygen atoms in total. The average molecular weight is 287 g/mol. The number of nitrogens with zero attached hydrogens (tertiary/aromatic N) is 1. The Labute approximate surface area is 119 Å². The van der Waals surface area contributed by atoms with Gasteiger partial charge in [-0.25, -0.2) is 4.39 Å². The van der Waals surface area contributed by atoms with E-state index in [9.17, 15) is 9.18 Å². The van der Waals surface area contributed by atoms with Crippen LogP contribution in [-0.4, -0.2) is 5.91 Å². The maximum Gasteiger partial charge on any atom is 0.277 e. The SMILES string of the molecule is Cc1cc(C)cc(N2C(=O)C(F)(P)c3ccccc32)c1. The van der Waals surface area contributed by atoms with Crippen LogP contribution in [0, 0.1) is 13.8 Å². The minimum absolute atomic E-state index is 0.397. The second-order valence-corrected chi connectivity index (χ2v) is 6.01. The maximum atomic E-state index is 14.7. The van der Waals surface area contributed by atoms with E-state index in [0.29, 0.717) is 16.9 Å². The van der Waals surface area contributed by atoms with Crippen molar-refractivity contribution in [2.45, 2.75) is 19.3 Å². The molecule has 2 aromatic carbocycles. The summed E-state index contributed by atoms with van der Waals surface area (Å²) in [6.45, 7) is 3.93. The van der Waals surface area contributed by atoms with Gasteiger partial charge in [0.2, 0.25) is 5.41 Å². The lowest BCUT2D eigenvalue weighted by Crippen LogP contribution is -2.30. The smallest absolute Gasteiger partial charge is 0.277 e. The number of hydrogen-bond donors (Lipinski definition) is 0. The van der Waals surface area contributed by atoms with Crippen LogP contribution in [-0.2, 0) is 10.2 Å². The number of aryl methyl sites for hydroxylation is 2. The number of carbonyl (C=O) groups excluding carboxylic acids is 1. The maximum absolute atomic E-state index is 14.7. The molecule has 2 atom stereocenters. The van der Waals surface area contributed by atoms with Gasteiger partial charge in [-0.05, 0) is 43.2 Å². The molecule has 0 fully saturated rings. The predicted octanol–water partition coefficient (Wildman–Crippen LogP) is 3.98. The van der Waals surface area contributed by atoms with Crippen molar-refractivity contribution in [3.63, 3.8) is 0 Å². The average Bonchev–Trinajstić information content (AvgIpc) is 2.57. The molecule has 0 saturated carbocycles. The third kappa shape index (κ3) is 1.85. The zero-order valence-corrected chi connectivity index (χ0v) is 12.5. The molecule has 20 heavy (non-hydrogen) atoms. The van der Waals surface area contributed by atoms with E-state index in [1.54, 1.807) is 18.2 Å². The Kier molecular flexibility index (Phi) is 2.91. The summed E-state index contributed by atoms with van der Waals surface area (Å²) < 4.78 is 14.7. The predicted molar refractivity (Wildman–Crippen MR) is 82.0 cm³/mol. The highest BCUT2D eigenvalue weighted by atomic mass is 31.0. The van der Waals surface area contributed by atoms with Crippen molar-refractivity contribution in [3.8, 4) is 0 Å². The quantitative estimate of drug-likeness (QED) is 0.726. The molecule has 1 heterocycles. The molecule has 0 N–H and O–H groups in total. The summed E-state index contributed by atoms with van der Waals surface area (Å²) in [4.78, 5) is 13.9. The second-order valence-electron chi connectivity index (χ2n) is 5.22. The van der Waals surface area contributed by atoms with Gasteiger partial charge in [-0.15, -0.1) is 0 Å². The van der Waals surface area contributed by atoms with Crippen LogP contribution in [0.3, 0.4) is 0 Å². The van der Waals surface area contributed by atoms with Gasteiger partial charge in [-0.3, -0.25) is 9.69 Å². The molecule has 2 aromatic rings. The standard InChI is InChI=1S/C16H15FNOP/c1-10-7-11(2)9-12(8-10)18-14-6-4-3-5-13(14)16(17,20)15(18)19/h3-9H,20H2,1-2H3. The Bertz CT molecular complexity index is 691. The number of hydrogen-bond acceptors (Lipinski definition) is 1. The second kappa shape index (κ2) is 4.39. The molecule has 0 saturated heterocycles. The highest BCUT2D eigenvalue weighted by Crippen LogP contribution is 2.50. The number of amides is 1. The summed E-state index contributed by atoms with van der Waals surface area (Å²) in [5.41, 5.74) is 3.81. The molecule has 0 aliphatic carbocycles. The van der Waals surface area contributed by atoms with Crippen LogP contribution in [0.1, 0.15) is 16.7 Å². The fourth-order valence-electron chi connectivity index (χ4n) is 2.70. The Morgan fingerprint density at radius 1 is 1.10 bits per heavy atom. The zero-order chi connectivity index (χ0) is 14.5. The van der Waals surface area contributed by atoms with Crippen LogP contribution in [0.25, 0.3) is 0 Å². The third-order valence-corrected chi connectivity index (χ3v) is 4.07. The van der Waals surface area contributed by atoms with Crippen molar-refractivity contribution >= 4 is 26.5 Å². The number of anilines is 2. The first-order valence-corrected chi connectivity index (χ1v) is 6.99. The van der Waals surface area contributed by atoms with Crippen LogP contribution >= 0.6 is 9.24 Å². The van der Waals surface area contributed by atoms with Crippen molar-refractivity contribution in [2.75, 3.05) is 4.90 Å². The largest absolute Gasteiger partial charge is 0.277 e. The number of carbonyl (C=O) groups is 1. The minimum atomic E-state index is -2.05. The van der Waals surface area contributed by atoms with Crippen LogP contribution in [0.15, 0.2) is 42.5 Å². The first-order valence-electron chi connectivity index (χ1n) is 6.41. The molecule has 0 radical (unpaired) electrons. The van der Waals surface area contributed by atoms with Gasteiger partial charge in [0.05, 0.1) is 5.69 Å². The van der Waals surface area contributed by atoms with E-state index in [1.165, 1.54) is 4.90 Å². The van der Waals surface area contributed by atoms with Crippen molar-refractivity contribution in [2.24, 2.45) is 0 Å². The molecular formula is C16H15FNOP. The Morgan fingerprint density at radius 2 is 1.70 bits per heavy atom. The number of benzene rings is 2. The number of para-hydroxylation sites is 1. The van der Waals surface area contributed by atoms with E-state index in [0.717, 1.165) is 11.1 Å². The lowest BCUT2D eigenvalue weighted by atomic mass is 10.1. The van der Waals surface area contributed by atoms with Gasteiger partial charge in [0.25, 0.3) is 5.91 Å². The number of alkyl halides is 1. The van der Waals surface area contributed by atoms with Crippen molar-refractivity contribution in [1.29, 1.82) is 0 Å². The van der Waals surface area contributed by atoms with E-state index in [4.69, 9.17) is 0 Å². The van der Waals surface area contributed by atoms with E-state index in [1.807, 2.05) is 47.4 Å². The van der Waals surface area contributed by atoms with Gasteiger partial charge in [0.1, 0.15) is 0 Å². The third-order valence-electron chi connectivity index (χ3n) is 3.52. The molecule has 1 aliphatic rings. The lowest BCUT2D eigenvalue weighted by Gasteiger charge is -2.19. The summed E-state index contributed by atoms with van der Waals surface area (Å²) in [5.74, 6) is -0.561. The molecule has 0 bridgehead atoms. The summed E-state index contributed by atoms with van der Waals surface area (Å²) in [6, 6.07) is 12.8. The lowest BCUT2D eigenvalue weighted by molar-refractivity contribution is -0.123. The zero-order valence-electron chi connectivity index (χ0n) is 11.4. The summed E-state index contributed by atoms with van der Waals surface area (Å²) in [6.07, 6.45) is 0. The fraction of sp³-hybridized carbons (Fsp3) is 0.188. The van der Waals surface area contributed by atoms with E-state index < -0.39 is 11.3 Å². The highest BCUT2D eigenvalue weighted by Gasteiger charge is 2.48. The molecule has 1 amide bonds. The molecule has 4 heteroatoms. The Morgan fingerprint density at radius 3 is 2.35 bits per heavy atom. The highest BCUT2D eigenvalue weighted by molar-refractivity contribution is 7.20. The van der Waals surface area contributed by atoms with E-state index >= 15 is 0 Å². The van der Waals surface area contributed by atoms with Gasteiger partial charge >= 0.3 is 0 Å². The van der Waals surface area contributed by atoms with Gasteiger partial charge in [-0.2, -0.15) is 0 Å². The molecule has 102 valence electrons. The number of fused-ring (bicyclic) bond motifs is 1. The van der Waals surface area contributed by atoms with Crippen LogP contribution in [0.5, 0.6) is 0 Å². The van der Waals surface area contributed by atoms with Crippen molar-refractivity contribution in [3.05, 3.63) is 59.2 Å². The molecule has 3 rings (SSSR count). The number of rotatable bonds is 1. The first-order chi connectivity index (χ1) is 9.41. The van der Waals surface area contributed by atoms with E-state index in [-0.39, 0.29) is 0 Å². The summed E-state index contributed by atoms with van der Waals surface area (Å²) >= 11 is 0. The van der Waals surface area contributed by atoms with Gasteiger partial charge in [0.15, 0.2) is 0 Å². The number of halogens is 1. The normalized spacial score (nSPS) is 21.2. The van der Waals surface area contributed by atoms with Crippen LogP contribution in [0.4, 0.5) is 15.8 Å².